The Kier molecular flexibility index (Phi) is 4.65. The number of hydrogen-bond donors (Lipinski definition) is 1. The summed E-state index contributed by atoms with van der Waals surface area (Å²) < 4.78 is 5.06. The summed E-state index contributed by atoms with van der Waals surface area (Å²) in [6.45, 7) is 0. The molecule has 0 amide bonds. The number of rotatable bonds is 3. The third kappa shape index (κ3) is 3.91. The predicted molar refractivity (Wildman–Crippen MR) is 70.5 cm³/mol. The Morgan fingerprint density at radius 2 is 1.82 bits per heavy atom. The molecule has 3 nitrogen and oxygen atoms in total. The van der Waals surface area contributed by atoms with Gasteiger partial charge in [-0.05, 0) is 18.9 Å². The van der Waals surface area contributed by atoms with Crippen molar-refractivity contribution < 1.29 is 4.74 Å². The third-order valence-electron chi connectivity index (χ3n) is 3.42. The van der Waals surface area contributed by atoms with Crippen molar-refractivity contribution in [3.63, 3.8) is 0 Å². The number of anilines is 1. The third-order valence-corrected chi connectivity index (χ3v) is 3.42. The zero-order valence-electron chi connectivity index (χ0n) is 10.6. The fourth-order valence-electron chi connectivity index (χ4n) is 2.42. The van der Waals surface area contributed by atoms with E-state index in [1.807, 2.05) is 18.3 Å². The molecule has 0 aliphatic heterocycles. The molecule has 2 rings (SSSR count). The van der Waals surface area contributed by atoms with E-state index in [2.05, 4.69) is 10.3 Å². The number of ether oxygens (including phenoxy) is 1. The molecule has 0 saturated heterocycles. The highest BCUT2D eigenvalue weighted by Gasteiger charge is 2.11. The topological polar surface area (TPSA) is 34.1 Å². The van der Waals surface area contributed by atoms with Gasteiger partial charge < -0.3 is 10.1 Å². The van der Waals surface area contributed by atoms with Gasteiger partial charge in [0.15, 0.2) is 0 Å². The first-order valence-corrected chi connectivity index (χ1v) is 6.65. The SMILES string of the molecule is COc1ccc(NC2CCCCCCC2)cn1. The first-order valence-electron chi connectivity index (χ1n) is 6.65. The quantitative estimate of drug-likeness (QED) is 0.867. The molecule has 1 saturated carbocycles. The molecule has 1 N–H and O–H groups in total. The maximum Gasteiger partial charge on any atom is 0.213 e. The number of nitrogens with one attached hydrogen (secondary N) is 1. The highest BCUT2D eigenvalue weighted by atomic mass is 16.5. The number of pyridine rings is 1. The van der Waals surface area contributed by atoms with E-state index < -0.39 is 0 Å². The number of nitrogens with zero attached hydrogens (tertiary/aromatic N) is 1. The summed E-state index contributed by atoms with van der Waals surface area (Å²) in [6, 6.07) is 4.57. The Labute approximate surface area is 104 Å². The Morgan fingerprint density at radius 3 is 2.41 bits per heavy atom. The second-order valence-corrected chi connectivity index (χ2v) is 4.78. The van der Waals surface area contributed by atoms with Crippen LogP contribution in [0.4, 0.5) is 5.69 Å². The highest BCUT2D eigenvalue weighted by Crippen LogP contribution is 2.21. The maximum atomic E-state index is 5.06. The fourth-order valence-corrected chi connectivity index (χ4v) is 2.42. The average Bonchev–Trinajstić information content (AvgIpc) is 2.33. The van der Waals surface area contributed by atoms with Gasteiger partial charge in [0.2, 0.25) is 5.88 Å². The second-order valence-electron chi connectivity index (χ2n) is 4.78. The van der Waals surface area contributed by atoms with Gasteiger partial charge in [0, 0.05) is 12.1 Å². The van der Waals surface area contributed by atoms with Crippen molar-refractivity contribution in [2.45, 2.75) is 51.0 Å². The number of hydrogen-bond acceptors (Lipinski definition) is 3. The van der Waals surface area contributed by atoms with Crippen molar-refractivity contribution in [3.05, 3.63) is 18.3 Å². The molecule has 0 atom stereocenters. The van der Waals surface area contributed by atoms with Gasteiger partial charge in [-0.15, -0.1) is 0 Å². The molecule has 0 aromatic carbocycles. The van der Waals surface area contributed by atoms with E-state index in [-0.39, 0.29) is 0 Å². The van der Waals surface area contributed by atoms with Crippen LogP contribution in [0.3, 0.4) is 0 Å². The number of methoxy groups -OCH3 is 1. The summed E-state index contributed by atoms with van der Waals surface area (Å²) in [5, 5.41) is 3.58. The van der Waals surface area contributed by atoms with Gasteiger partial charge in [-0.2, -0.15) is 0 Å². The minimum Gasteiger partial charge on any atom is -0.481 e. The minimum atomic E-state index is 0.616. The van der Waals surface area contributed by atoms with E-state index in [9.17, 15) is 0 Å². The zero-order chi connectivity index (χ0) is 11.9. The minimum absolute atomic E-state index is 0.616. The van der Waals surface area contributed by atoms with Gasteiger partial charge in [-0.25, -0.2) is 4.98 Å². The average molecular weight is 234 g/mol. The Balaban J connectivity index is 1.88. The second kappa shape index (κ2) is 6.48. The summed E-state index contributed by atoms with van der Waals surface area (Å²) in [5.74, 6) is 0.674. The molecule has 1 aromatic rings. The molecule has 1 aliphatic carbocycles. The van der Waals surface area contributed by atoms with Gasteiger partial charge in [-0.3, -0.25) is 0 Å². The van der Waals surface area contributed by atoms with E-state index in [0.717, 1.165) is 5.69 Å². The van der Waals surface area contributed by atoms with E-state index in [4.69, 9.17) is 4.74 Å². The first kappa shape index (κ1) is 12.2. The predicted octanol–water partition coefficient (Wildman–Crippen LogP) is 3.62. The Morgan fingerprint density at radius 1 is 1.12 bits per heavy atom. The van der Waals surface area contributed by atoms with Gasteiger partial charge in [0.25, 0.3) is 0 Å². The van der Waals surface area contributed by atoms with Gasteiger partial charge >= 0.3 is 0 Å². The van der Waals surface area contributed by atoms with Crippen molar-refractivity contribution in [1.82, 2.24) is 4.98 Å². The Bertz CT molecular complexity index is 315. The molecular formula is C14H22N2O. The van der Waals surface area contributed by atoms with E-state index >= 15 is 0 Å². The lowest BCUT2D eigenvalue weighted by molar-refractivity contribution is 0.398. The lowest BCUT2D eigenvalue weighted by Crippen LogP contribution is -2.20. The monoisotopic (exact) mass is 234 g/mol. The van der Waals surface area contributed by atoms with Crippen LogP contribution in [-0.2, 0) is 0 Å². The van der Waals surface area contributed by atoms with Gasteiger partial charge in [-0.1, -0.05) is 32.1 Å². The lowest BCUT2D eigenvalue weighted by Gasteiger charge is -2.21. The van der Waals surface area contributed by atoms with Gasteiger partial charge in [0.05, 0.1) is 19.0 Å². The molecule has 3 heteroatoms. The maximum absolute atomic E-state index is 5.06. The summed E-state index contributed by atoms with van der Waals surface area (Å²) in [7, 11) is 1.64. The molecule has 1 aliphatic rings. The number of aromatic nitrogens is 1. The Hall–Kier alpha value is -1.25. The smallest absolute Gasteiger partial charge is 0.213 e. The van der Waals surface area contributed by atoms with Crippen LogP contribution in [0.5, 0.6) is 5.88 Å². The molecule has 0 spiro atoms. The van der Waals surface area contributed by atoms with Crippen molar-refractivity contribution in [1.29, 1.82) is 0 Å². The van der Waals surface area contributed by atoms with Crippen molar-refractivity contribution in [3.8, 4) is 5.88 Å². The van der Waals surface area contributed by atoms with Crippen LogP contribution in [-0.4, -0.2) is 18.1 Å². The van der Waals surface area contributed by atoms with Crippen molar-refractivity contribution >= 4 is 5.69 Å². The van der Waals surface area contributed by atoms with E-state index in [1.54, 1.807) is 7.11 Å². The van der Waals surface area contributed by atoms with Crippen LogP contribution in [0.1, 0.15) is 44.9 Å². The van der Waals surface area contributed by atoms with Gasteiger partial charge in [0.1, 0.15) is 0 Å². The van der Waals surface area contributed by atoms with E-state index in [0.29, 0.717) is 11.9 Å². The van der Waals surface area contributed by atoms with Crippen LogP contribution in [0.15, 0.2) is 18.3 Å². The molecular weight excluding hydrogens is 212 g/mol. The largest absolute Gasteiger partial charge is 0.481 e. The molecule has 0 bridgehead atoms. The lowest BCUT2D eigenvalue weighted by atomic mass is 9.96. The van der Waals surface area contributed by atoms with Crippen molar-refractivity contribution in [2.75, 3.05) is 12.4 Å². The van der Waals surface area contributed by atoms with Crippen LogP contribution in [0.2, 0.25) is 0 Å². The zero-order valence-corrected chi connectivity index (χ0v) is 10.6. The molecule has 1 heterocycles. The first-order chi connectivity index (χ1) is 8.38. The normalized spacial score (nSPS) is 18.2. The molecule has 1 fully saturated rings. The molecule has 94 valence electrons. The fraction of sp³-hybridized carbons (Fsp3) is 0.643. The molecule has 0 radical (unpaired) electrons. The van der Waals surface area contributed by atoms with Crippen LogP contribution >= 0.6 is 0 Å². The summed E-state index contributed by atoms with van der Waals surface area (Å²) in [4.78, 5) is 4.22. The highest BCUT2D eigenvalue weighted by molar-refractivity contribution is 5.42. The summed E-state index contributed by atoms with van der Waals surface area (Å²) in [5.41, 5.74) is 1.11. The van der Waals surface area contributed by atoms with Crippen LogP contribution in [0, 0.1) is 0 Å². The standard InChI is InChI=1S/C14H22N2O/c1-17-14-10-9-13(11-15-14)16-12-7-5-3-2-4-6-8-12/h9-12,16H,2-8H2,1H3. The summed E-state index contributed by atoms with van der Waals surface area (Å²) >= 11 is 0. The van der Waals surface area contributed by atoms with Crippen LogP contribution < -0.4 is 10.1 Å². The van der Waals surface area contributed by atoms with Crippen LogP contribution in [0.25, 0.3) is 0 Å². The molecule has 1 aromatic heterocycles. The summed E-state index contributed by atoms with van der Waals surface area (Å²) in [6.07, 6.45) is 11.3. The van der Waals surface area contributed by atoms with E-state index in [1.165, 1.54) is 44.9 Å². The van der Waals surface area contributed by atoms with Crippen molar-refractivity contribution in [2.24, 2.45) is 0 Å². The molecule has 17 heavy (non-hydrogen) atoms. The molecule has 0 unspecified atom stereocenters.